The number of carbonyl (C=O) groups excluding carboxylic acids is 3. The van der Waals surface area contributed by atoms with Crippen molar-refractivity contribution in [3.8, 4) is 0 Å². The average molecular weight is 499 g/mol. The number of benzene rings is 1. The van der Waals surface area contributed by atoms with Crippen LogP contribution in [0.15, 0.2) is 59.4 Å². The Balaban J connectivity index is 1.48. The summed E-state index contributed by atoms with van der Waals surface area (Å²) in [6.07, 6.45) is 0.172. The summed E-state index contributed by atoms with van der Waals surface area (Å²) in [4.78, 5) is 40.4. The monoisotopic (exact) mass is 498 g/mol. The highest BCUT2D eigenvalue weighted by atomic mass is 16.5. The first-order chi connectivity index (χ1) is 17.2. The van der Waals surface area contributed by atoms with Crippen molar-refractivity contribution in [2.75, 3.05) is 32.8 Å². The highest BCUT2D eigenvalue weighted by Crippen LogP contribution is 2.32. The maximum Gasteiger partial charge on any atom is 0.259 e. The van der Waals surface area contributed by atoms with Crippen LogP contribution in [-0.2, 0) is 32.2 Å². The molecule has 11 nitrogen and oxygen atoms in total. The molecule has 1 aromatic rings. The van der Waals surface area contributed by atoms with Gasteiger partial charge in [0.25, 0.3) is 5.91 Å². The molecule has 0 aromatic heterocycles. The molecule has 0 bridgehead atoms. The minimum atomic E-state index is -0.950. The number of hydrogen-bond acceptors (Lipinski definition) is 9. The van der Waals surface area contributed by atoms with Gasteiger partial charge in [-0.25, -0.2) is 0 Å². The van der Waals surface area contributed by atoms with Gasteiger partial charge in [-0.05, 0) is 17.5 Å². The van der Waals surface area contributed by atoms with Gasteiger partial charge >= 0.3 is 0 Å². The van der Waals surface area contributed by atoms with Crippen LogP contribution in [0.4, 0.5) is 0 Å². The molecule has 0 saturated carbocycles. The molecule has 0 aliphatic carbocycles. The number of likely N-dealkylation sites (tertiary alicyclic amines) is 1. The lowest BCUT2D eigenvalue weighted by atomic mass is 10.0. The fourth-order valence-electron chi connectivity index (χ4n) is 4.48. The molecular formula is C25H30N4O7. The van der Waals surface area contributed by atoms with Crippen molar-refractivity contribution in [1.82, 2.24) is 20.4 Å². The summed E-state index contributed by atoms with van der Waals surface area (Å²) in [5, 5.41) is 35.9. The van der Waals surface area contributed by atoms with Gasteiger partial charge in [-0.15, -0.1) is 0 Å². The van der Waals surface area contributed by atoms with Crippen molar-refractivity contribution in [2.45, 2.75) is 32.0 Å². The van der Waals surface area contributed by atoms with Gasteiger partial charge in [-0.3, -0.25) is 24.6 Å². The van der Waals surface area contributed by atoms with Gasteiger partial charge in [0.2, 0.25) is 11.8 Å². The number of imide groups is 1. The van der Waals surface area contributed by atoms with Crippen LogP contribution in [0, 0.1) is 0 Å². The van der Waals surface area contributed by atoms with Crippen molar-refractivity contribution >= 4 is 17.7 Å². The largest absolute Gasteiger partial charge is 0.505 e. The van der Waals surface area contributed by atoms with Gasteiger partial charge < -0.3 is 30.3 Å². The van der Waals surface area contributed by atoms with Crippen molar-refractivity contribution in [1.29, 1.82) is 0 Å². The molecule has 36 heavy (non-hydrogen) atoms. The Labute approximate surface area is 208 Å². The van der Waals surface area contributed by atoms with E-state index in [1.165, 1.54) is 0 Å². The molecule has 1 unspecified atom stereocenters. The molecule has 192 valence electrons. The first-order valence-corrected chi connectivity index (χ1v) is 11.7. The van der Waals surface area contributed by atoms with E-state index in [0.717, 1.165) is 48.9 Å². The second kappa shape index (κ2) is 10.8. The summed E-state index contributed by atoms with van der Waals surface area (Å²) in [5.74, 6) is -3.73. The Hall–Kier alpha value is -3.83. The molecule has 3 heterocycles. The van der Waals surface area contributed by atoms with Gasteiger partial charge in [0.15, 0.2) is 17.4 Å². The zero-order valence-electron chi connectivity index (χ0n) is 19.8. The molecule has 5 N–H and O–H groups in total. The maximum absolute atomic E-state index is 13.1. The number of nitrogens with zero attached hydrogens (tertiary/aromatic N) is 2. The van der Waals surface area contributed by atoms with Crippen molar-refractivity contribution in [3.05, 3.63) is 70.5 Å². The molecule has 1 atom stereocenters. The Bertz CT molecular complexity index is 1120. The van der Waals surface area contributed by atoms with E-state index in [2.05, 4.69) is 22.1 Å². The lowest BCUT2D eigenvalue weighted by Gasteiger charge is -2.28. The fourth-order valence-corrected chi connectivity index (χ4v) is 4.48. The molecule has 3 aliphatic rings. The molecule has 1 aromatic carbocycles. The van der Waals surface area contributed by atoms with Crippen LogP contribution in [0.5, 0.6) is 0 Å². The number of aliphatic hydroxyl groups excluding tert-OH is 3. The minimum absolute atomic E-state index is 0.0151. The van der Waals surface area contributed by atoms with E-state index in [9.17, 15) is 29.7 Å². The normalized spacial score (nSPS) is 23.9. The summed E-state index contributed by atoms with van der Waals surface area (Å²) in [6.45, 7) is 7.35. The van der Waals surface area contributed by atoms with E-state index in [-0.39, 0.29) is 43.0 Å². The van der Waals surface area contributed by atoms with E-state index in [1.807, 2.05) is 24.3 Å². The molecule has 3 saturated heterocycles. The van der Waals surface area contributed by atoms with Crippen LogP contribution in [0.2, 0.25) is 0 Å². The maximum atomic E-state index is 13.1. The SMILES string of the molecule is C=C(O)/C(O)=C1/C(=O)N(C2CCC(=O)NC2=O)C/C1=C(/O)NCc1ccc(CN2CCOCC2)cc1. The highest BCUT2D eigenvalue weighted by molar-refractivity contribution is 6.07. The number of hydrogen-bond donors (Lipinski definition) is 5. The van der Waals surface area contributed by atoms with Crippen LogP contribution in [0.3, 0.4) is 0 Å². The van der Waals surface area contributed by atoms with Gasteiger partial charge in [-0.2, -0.15) is 0 Å². The van der Waals surface area contributed by atoms with Crippen LogP contribution in [-0.4, -0.2) is 81.7 Å². The van der Waals surface area contributed by atoms with Crippen LogP contribution < -0.4 is 10.6 Å². The summed E-state index contributed by atoms with van der Waals surface area (Å²) in [6, 6.07) is 6.93. The van der Waals surface area contributed by atoms with Crippen molar-refractivity contribution < 1.29 is 34.4 Å². The Kier molecular flexibility index (Phi) is 7.61. The smallest absolute Gasteiger partial charge is 0.259 e. The number of aliphatic hydroxyl groups is 3. The third-order valence-electron chi connectivity index (χ3n) is 6.48. The van der Waals surface area contributed by atoms with E-state index in [0.29, 0.717) is 0 Å². The number of morpholine rings is 1. The minimum Gasteiger partial charge on any atom is -0.505 e. The summed E-state index contributed by atoms with van der Waals surface area (Å²) >= 11 is 0. The molecule has 3 aliphatic heterocycles. The van der Waals surface area contributed by atoms with Gasteiger partial charge in [0, 0.05) is 38.2 Å². The summed E-state index contributed by atoms with van der Waals surface area (Å²) < 4.78 is 5.37. The van der Waals surface area contributed by atoms with E-state index < -0.39 is 35.3 Å². The quantitative estimate of drug-likeness (QED) is 0.210. The Morgan fingerprint density at radius 3 is 2.39 bits per heavy atom. The van der Waals surface area contributed by atoms with Crippen molar-refractivity contribution in [2.24, 2.45) is 0 Å². The lowest BCUT2D eigenvalue weighted by Crippen LogP contribution is -2.53. The Morgan fingerprint density at radius 1 is 1.08 bits per heavy atom. The number of carbonyl (C=O) groups is 3. The molecule has 3 amide bonds. The van der Waals surface area contributed by atoms with Crippen LogP contribution in [0.1, 0.15) is 24.0 Å². The molecule has 4 rings (SSSR count). The first kappa shape index (κ1) is 25.3. The van der Waals surface area contributed by atoms with Gasteiger partial charge in [0.05, 0.1) is 25.3 Å². The van der Waals surface area contributed by atoms with Crippen LogP contribution in [0.25, 0.3) is 0 Å². The van der Waals surface area contributed by atoms with Crippen LogP contribution >= 0.6 is 0 Å². The van der Waals surface area contributed by atoms with E-state index in [1.54, 1.807) is 0 Å². The second-order valence-electron chi connectivity index (χ2n) is 8.96. The third-order valence-corrected chi connectivity index (χ3v) is 6.48. The summed E-state index contributed by atoms with van der Waals surface area (Å²) in [7, 11) is 0. The molecule has 11 heteroatoms. The predicted molar refractivity (Wildman–Crippen MR) is 128 cm³/mol. The first-order valence-electron chi connectivity index (χ1n) is 11.7. The summed E-state index contributed by atoms with van der Waals surface area (Å²) in [5.41, 5.74) is 1.70. The number of amides is 3. The zero-order valence-corrected chi connectivity index (χ0v) is 19.8. The second-order valence-corrected chi connectivity index (χ2v) is 8.96. The lowest BCUT2D eigenvalue weighted by molar-refractivity contribution is -0.142. The third kappa shape index (κ3) is 5.52. The number of nitrogens with one attached hydrogen (secondary N) is 2. The van der Waals surface area contributed by atoms with E-state index >= 15 is 0 Å². The highest BCUT2D eigenvalue weighted by Gasteiger charge is 2.43. The number of ether oxygens (including phenoxy) is 1. The van der Waals surface area contributed by atoms with E-state index in [4.69, 9.17) is 4.74 Å². The fraction of sp³-hybridized carbons (Fsp3) is 0.400. The average Bonchev–Trinajstić information content (AvgIpc) is 3.20. The Morgan fingerprint density at radius 2 is 1.75 bits per heavy atom. The number of rotatable bonds is 7. The van der Waals surface area contributed by atoms with Crippen molar-refractivity contribution in [3.63, 3.8) is 0 Å². The number of piperidine rings is 1. The van der Waals surface area contributed by atoms with Gasteiger partial charge in [0.1, 0.15) is 6.04 Å². The zero-order chi connectivity index (χ0) is 25.8. The predicted octanol–water partition coefficient (Wildman–Crippen LogP) is 0.909. The van der Waals surface area contributed by atoms with Gasteiger partial charge in [-0.1, -0.05) is 30.8 Å². The molecule has 0 spiro atoms. The molecule has 0 radical (unpaired) electrons. The molecular weight excluding hydrogens is 468 g/mol. The molecule has 3 fully saturated rings. The topological polar surface area (TPSA) is 152 Å². The standard InChI is InChI=1S/C25H30N4O7/c1-15(30)22(32)21-18(14-29(25(21)35)19-6-7-20(31)27-24(19)34)23(33)26-12-16-2-4-17(5-3-16)13-28-8-10-36-11-9-28/h2-5,19,26,30,32-33H,1,6-14H2,(H,27,31,34)/b22-21-,23-18-.